The van der Waals surface area contributed by atoms with E-state index in [4.69, 9.17) is 4.74 Å². The molecule has 1 aliphatic carbocycles. The van der Waals surface area contributed by atoms with Gasteiger partial charge >= 0.3 is 0 Å². The third kappa shape index (κ3) is 7.40. The third-order valence-electron chi connectivity index (χ3n) is 4.65. The van der Waals surface area contributed by atoms with Gasteiger partial charge in [-0.15, -0.1) is 35.3 Å². The zero-order valence-electron chi connectivity index (χ0n) is 17.2. The van der Waals surface area contributed by atoms with E-state index in [1.165, 1.54) is 23.8 Å². The minimum atomic E-state index is -0.316. The van der Waals surface area contributed by atoms with Gasteiger partial charge in [-0.2, -0.15) is 0 Å². The lowest BCUT2D eigenvalue weighted by Crippen LogP contribution is -2.38. The molecule has 1 aliphatic rings. The molecule has 1 aromatic heterocycles. The summed E-state index contributed by atoms with van der Waals surface area (Å²) in [7, 11) is 0. The van der Waals surface area contributed by atoms with Crippen molar-refractivity contribution in [3.8, 4) is 5.75 Å². The molecule has 1 unspecified atom stereocenters. The Bertz CT molecular complexity index is 810. The quantitative estimate of drug-likeness (QED) is 0.269. The molecule has 0 aliphatic heterocycles. The van der Waals surface area contributed by atoms with Gasteiger partial charge in [0, 0.05) is 17.6 Å². The van der Waals surface area contributed by atoms with Gasteiger partial charge in [-0.1, -0.05) is 13.0 Å². The molecule has 1 heterocycles. The molecule has 0 radical (unpaired) electrons. The highest BCUT2D eigenvalue weighted by Gasteiger charge is 2.22. The number of aryl methyl sites for hydroxylation is 1. The van der Waals surface area contributed by atoms with Crippen molar-refractivity contribution < 1.29 is 9.13 Å². The Morgan fingerprint density at radius 3 is 2.79 bits per heavy atom. The summed E-state index contributed by atoms with van der Waals surface area (Å²) in [6.07, 6.45) is 5.28. The Hall–Kier alpha value is -1.42. The predicted octanol–water partition coefficient (Wildman–Crippen LogP) is 5.07. The maximum atomic E-state index is 14.4. The molecule has 1 saturated carbocycles. The van der Waals surface area contributed by atoms with E-state index in [2.05, 4.69) is 27.5 Å². The van der Waals surface area contributed by atoms with E-state index in [1.54, 1.807) is 17.4 Å². The number of thiazole rings is 1. The van der Waals surface area contributed by atoms with Gasteiger partial charge in [0.15, 0.2) is 17.5 Å². The number of hydrogen-bond acceptors (Lipinski definition) is 4. The minimum Gasteiger partial charge on any atom is -0.490 e. The van der Waals surface area contributed by atoms with Gasteiger partial charge in [0.2, 0.25) is 0 Å². The Labute approximate surface area is 193 Å². The number of nitrogens with one attached hydrogen (secondary N) is 2. The van der Waals surface area contributed by atoms with Crippen molar-refractivity contribution in [2.45, 2.75) is 52.6 Å². The van der Waals surface area contributed by atoms with E-state index < -0.39 is 0 Å². The topological polar surface area (TPSA) is 58.5 Å². The monoisotopic (exact) mass is 532 g/mol. The lowest BCUT2D eigenvalue weighted by Gasteiger charge is -2.19. The second-order valence-corrected chi connectivity index (χ2v) is 8.28. The van der Waals surface area contributed by atoms with Gasteiger partial charge < -0.3 is 15.4 Å². The predicted molar refractivity (Wildman–Crippen MR) is 128 cm³/mol. The average molecular weight is 532 g/mol. The first-order valence-electron chi connectivity index (χ1n) is 9.99. The first kappa shape index (κ1) is 23.9. The summed E-state index contributed by atoms with van der Waals surface area (Å²) < 4.78 is 19.9. The molecule has 0 saturated heterocycles. The molecule has 160 valence electrons. The van der Waals surface area contributed by atoms with Crippen LogP contribution in [0.4, 0.5) is 4.39 Å². The number of rotatable bonds is 9. The van der Waals surface area contributed by atoms with Crippen molar-refractivity contribution in [1.82, 2.24) is 15.6 Å². The highest BCUT2D eigenvalue weighted by molar-refractivity contribution is 14.0. The Kier molecular flexibility index (Phi) is 9.61. The summed E-state index contributed by atoms with van der Waals surface area (Å²) in [6, 6.07) is 5.07. The van der Waals surface area contributed by atoms with E-state index in [9.17, 15) is 4.39 Å². The van der Waals surface area contributed by atoms with E-state index >= 15 is 0 Å². The van der Waals surface area contributed by atoms with E-state index in [0.29, 0.717) is 30.8 Å². The summed E-state index contributed by atoms with van der Waals surface area (Å²) in [4.78, 5) is 10.3. The van der Waals surface area contributed by atoms with Gasteiger partial charge in [0.05, 0.1) is 19.2 Å². The Balaban J connectivity index is 0.00000300. The van der Waals surface area contributed by atoms with Crippen LogP contribution < -0.4 is 15.4 Å². The first-order valence-corrected chi connectivity index (χ1v) is 10.8. The Morgan fingerprint density at radius 1 is 1.38 bits per heavy atom. The zero-order valence-corrected chi connectivity index (χ0v) is 20.4. The van der Waals surface area contributed by atoms with Gasteiger partial charge in [0.25, 0.3) is 0 Å². The average Bonchev–Trinajstić information content (AvgIpc) is 3.41. The molecular weight excluding hydrogens is 502 g/mol. The fourth-order valence-electron chi connectivity index (χ4n) is 2.74. The maximum absolute atomic E-state index is 14.4. The minimum absolute atomic E-state index is 0. The smallest absolute Gasteiger partial charge is 0.192 e. The maximum Gasteiger partial charge on any atom is 0.192 e. The highest BCUT2D eigenvalue weighted by Crippen LogP contribution is 2.30. The van der Waals surface area contributed by atoms with Gasteiger partial charge in [0.1, 0.15) is 5.01 Å². The molecule has 1 fully saturated rings. The Morgan fingerprint density at radius 2 is 2.17 bits per heavy atom. The van der Waals surface area contributed by atoms with Crippen LogP contribution >= 0.6 is 35.3 Å². The number of aromatic nitrogens is 1. The van der Waals surface area contributed by atoms with Crippen molar-refractivity contribution in [3.05, 3.63) is 45.7 Å². The fraction of sp³-hybridized carbons (Fsp3) is 0.524. The molecule has 0 amide bonds. The number of ether oxygens (including phenoxy) is 1. The van der Waals surface area contributed by atoms with Crippen LogP contribution in [0.25, 0.3) is 0 Å². The number of nitrogens with zero attached hydrogens (tertiary/aromatic N) is 2. The second-order valence-electron chi connectivity index (χ2n) is 7.08. The zero-order chi connectivity index (χ0) is 19.9. The molecule has 2 N–H and O–H groups in total. The van der Waals surface area contributed by atoms with Crippen molar-refractivity contribution in [2.75, 3.05) is 13.2 Å². The molecule has 1 aromatic carbocycles. The van der Waals surface area contributed by atoms with Crippen LogP contribution in [0, 0.1) is 11.7 Å². The largest absolute Gasteiger partial charge is 0.490 e. The molecule has 29 heavy (non-hydrogen) atoms. The normalized spacial score (nSPS) is 14.8. The molecule has 8 heteroatoms. The lowest BCUT2D eigenvalue weighted by atomic mass is 10.1. The van der Waals surface area contributed by atoms with Crippen LogP contribution in [-0.2, 0) is 13.0 Å². The summed E-state index contributed by atoms with van der Waals surface area (Å²) in [6.45, 7) is 8.01. The number of aliphatic imine (C=N–C) groups is 1. The van der Waals surface area contributed by atoms with E-state index in [0.717, 1.165) is 23.5 Å². The van der Waals surface area contributed by atoms with Crippen molar-refractivity contribution in [2.24, 2.45) is 10.9 Å². The van der Waals surface area contributed by atoms with Crippen molar-refractivity contribution >= 4 is 41.3 Å². The lowest BCUT2D eigenvalue weighted by molar-refractivity contribution is 0.285. The molecule has 3 rings (SSSR count). The number of hydrogen-bond donors (Lipinski definition) is 2. The van der Waals surface area contributed by atoms with Crippen molar-refractivity contribution in [1.29, 1.82) is 0 Å². The second kappa shape index (κ2) is 11.7. The summed E-state index contributed by atoms with van der Waals surface area (Å²) in [5, 5.41) is 7.57. The summed E-state index contributed by atoms with van der Waals surface area (Å²) in [5.74, 6) is 1.31. The molecule has 0 spiro atoms. The molecule has 0 bridgehead atoms. The molecular formula is C21H30FIN4OS. The van der Waals surface area contributed by atoms with Crippen LogP contribution in [-0.4, -0.2) is 24.1 Å². The van der Waals surface area contributed by atoms with Gasteiger partial charge in [-0.25, -0.2) is 14.4 Å². The molecule has 1 atom stereocenters. The fourth-order valence-corrected chi connectivity index (χ4v) is 3.52. The van der Waals surface area contributed by atoms with Crippen LogP contribution in [0.5, 0.6) is 5.75 Å². The number of halogens is 2. The van der Waals surface area contributed by atoms with Gasteiger partial charge in [-0.3, -0.25) is 0 Å². The van der Waals surface area contributed by atoms with Crippen LogP contribution in [0.1, 0.15) is 55.1 Å². The first-order chi connectivity index (χ1) is 13.6. The van der Waals surface area contributed by atoms with Crippen LogP contribution in [0.15, 0.2) is 29.4 Å². The third-order valence-corrected chi connectivity index (χ3v) is 5.77. The number of benzene rings is 1. The number of guanidine groups is 1. The van der Waals surface area contributed by atoms with Gasteiger partial charge in [-0.05, 0) is 56.7 Å². The van der Waals surface area contributed by atoms with Crippen LogP contribution in [0.3, 0.4) is 0 Å². The summed E-state index contributed by atoms with van der Waals surface area (Å²) >= 11 is 1.69. The molecule has 5 nitrogen and oxygen atoms in total. The molecule has 2 aromatic rings. The SMILES string of the molecule is CCNC(=NCc1ncc(CC)s1)NC(C)c1ccc(OCC2CC2)c(F)c1.I. The highest BCUT2D eigenvalue weighted by atomic mass is 127. The van der Waals surface area contributed by atoms with Crippen LogP contribution in [0.2, 0.25) is 0 Å². The van der Waals surface area contributed by atoms with E-state index in [1.807, 2.05) is 26.1 Å². The standard InChI is InChI=1S/C21H29FN4OS.HI/c1-4-17-11-24-20(28-17)12-25-21(23-5-2)26-14(3)16-8-9-19(18(22)10-16)27-13-15-6-7-15;/h8-11,14-15H,4-7,12-13H2,1-3H3,(H2,23,25,26);1H. The van der Waals surface area contributed by atoms with Crippen molar-refractivity contribution in [3.63, 3.8) is 0 Å². The van der Waals surface area contributed by atoms with E-state index in [-0.39, 0.29) is 35.8 Å². The summed E-state index contributed by atoms with van der Waals surface area (Å²) in [5.41, 5.74) is 0.851.